The van der Waals surface area contributed by atoms with Crippen molar-refractivity contribution in [2.24, 2.45) is 11.7 Å². The van der Waals surface area contributed by atoms with Crippen molar-refractivity contribution >= 4 is 18.3 Å². The minimum absolute atomic E-state index is 0. The second-order valence-corrected chi connectivity index (χ2v) is 3.98. The predicted octanol–water partition coefficient (Wildman–Crippen LogP) is 0.872. The van der Waals surface area contributed by atoms with Crippen LogP contribution in [0.25, 0.3) is 0 Å². The van der Waals surface area contributed by atoms with Gasteiger partial charge in [-0.1, -0.05) is 5.16 Å². The lowest BCUT2D eigenvalue weighted by atomic mass is 10.2. The lowest BCUT2D eigenvalue weighted by molar-refractivity contribution is 0.0924. The fraction of sp³-hybridized carbons (Fsp3) is 0.600. The van der Waals surface area contributed by atoms with Gasteiger partial charge in [0.15, 0.2) is 5.69 Å². The number of nitrogens with two attached hydrogens (primary N) is 1. The molecule has 3 N–H and O–H groups in total. The first-order valence-electron chi connectivity index (χ1n) is 5.15. The smallest absolute Gasteiger partial charge is 0.273 e. The number of nitrogens with zero attached hydrogens (tertiary/aromatic N) is 1. The van der Waals surface area contributed by atoms with Crippen molar-refractivity contribution in [3.05, 3.63) is 17.5 Å². The first-order valence-corrected chi connectivity index (χ1v) is 5.15. The van der Waals surface area contributed by atoms with E-state index in [0.717, 1.165) is 12.8 Å². The molecular formula is C10H16ClN3O2. The minimum atomic E-state index is -0.200. The predicted molar refractivity (Wildman–Crippen MR) is 61.5 cm³/mol. The molecular weight excluding hydrogens is 230 g/mol. The van der Waals surface area contributed by atoms with E-state index >= 15 is 0 Å². The van der Waals surface area contributed by atoms with Gasteiger partial charge in [0.25, 0.3) is 5.91 Å². The Bertz CT molecular complexity index is 363. The van der Waals surface area contributed by atoms with E-state index < -0.39 is 0 Å². The van der Waals surface area contributed by atoms with Gasteiger partial charge in [0.1, 0.15) is 5.76 Å². The number of rotatable bonds is 4. The fourth-order valence-electron chi connectivity index (χ4n) is 1.58. The first-order chi connectivity index (χ1) is 7.20. The molecule has 2 rings (SSSR count). The number of hydrogen-bond acceptors (Lipinski definition) is 4. The maximum Gasteiger partial charge on any atom is 0.273 e. The summed E-state index contributed by atoms with van der Waals surface area (Å²) in [6.07, 6.45) is 2.31. The Labute approximate surface area is 100 Å². The molecule has 1 atom stereocenters. The van der Waals surface area contributed by atoms with Gasteiger partial charge in [-0.2, -0.15) is 0 Å². The number of aryl methyl sites for hydroxylation is 1. The van der Waals surface area contributed by atoms with Crippen LogP contribution in [-0.4, -0.2) is 23.7 Å². The molecule has 0 aromatic carbocycles. The fourth-order valence-corrected chi connectivity index (χ4v) is 1.58. The molecule has 5 nitrogen and oxygen atoms in total. The number of aromatic nitrogens is 1. The molecule has 0 radical (unpaired) electrons. The molecule has 1 aliphatic carbocycles. The van der Waals surface area contributed by atoms with Gasteiger partial charge in [-0.3, -0.25) is 4.79 Å². The summed E-state index contributed by atoms with van der Waals surface area (Å²) in [7, 11) is 0. The Morgan fingerprint density at radius 3 is 2.88 bits per heavy atom. The van der Waals surface area contributed by atoms with Crippen LogP contribution < -0.4 is 11.1 Å². The molecule has 16 heavy (non-hydrogen) atoms. The zero-order valence-corrected chi connectivity index (χ0v) is 9.92. The Balaban J connectivity index is 0.00000128. The second kappa shape index (κ2) is 5.32. The number of carbonyl (C=O) groups is 1. The second-order valence-electron chi connectivity index (χ2n) is 3.98. The van der Waals surface area contributed by atoms with Gasteiger partial charge in [-0.15, -0.1) is 12.4 Å². The molecule has 0 bridgehead atoms. The van der Waals surface area contributed by atoms with Crippen molar-refractivity contribution in [3.63, 3.8) is 0 Å². The van der Waals surface area contributed by atoms with Crippen LogP contribution in [0.2, 0.25) is 0 Å². The van der Waals surface area contributed by atoms with E-state index in [-0.39, 0.29) is 24.4 Å². The molecule has 1 aliphatic rings. The monoisotopic (exact) mass is 245 g/mol. The largest absolute Gasteiger partial charge is 0.361 e. The number of carbonyl (C=O) groups excluding carboxylic acids is 1. The third kappa shape index (κ3) is 2.96. The quantitative estimate of drug-likeness (QED) is 0.825. The first kappa shape index (κ1) is 13.0. The van der Waals surface area contributed by atoms with Gasteiger partial charge in [0.2, 0.25) is 0 Å². The third-order valence-electron chi connectivity index (χ3n) is 2.62. The van der Waals surface area contributed by atoms with Crippen molar-refractivity contribution in [1.29, 1.82) is 0 Å². The molecule has 1 fully saturated rings. The van der Waals surface area contributed by atoms with E-state index in [1.54, 1.807) is 13.0 Å². The maximum atomic E-state index is 11.7. The summed E-state index contributed by atoms with van der Waals surface area (Å²) in [5, 5.41) is 6.53. The van der Waals surface area contributed by atoms with E-state index in [4.69, 9.17) is 10.3 Å². The molecule has 0 aliphatic heterocycles. The summed E-state index contributed by atoms with van der Waals surface area (Å²) in [6, 6.07) is 1.70. The van der Waals surface area contributed by atoms with Gasteiger partial charge in [0, 0.05) is 18.7 Å². The summed E-state index contributed by atoms with van der Waals surface area (Å²) in [5.41, 5.74) is 5.91. The molecule has 1 heterocycles. The van der Waals surface area contributed by atoms with Crippen LogP contribution in [0.15, 0.2) is 10.6 Å². The van der Waals surface area contributed by atoms with Crippen molar-refractivity contribution in [1.82, 2.24) is 10.5 Å². The van der Waals surface area contributed by atoms with E-state index in [9.17, 15) is 4.79 Å². The number of amides is 1. The highest BCUT2D eigenvalue weighted by molar-refractivity contribution is 5.92. The molecule has 1 amide bonds. The van der Waals surface area contributed by atoms with Crippen LogP contribution >= 0.6 is 12.4 Å². The standard InChI is InChI=1S/C10H15N3O2.ClH/c1-6-4-8(13-15-6)10(14)12-9(5-11)7-2-3-7;/h4,7,9H,2-3,5,11H2,1H3,(H,12,14);1H. The average Bonchev–Trinajstić information content (AvgIpc) is 2.97. The molecule has 1 saturated carbocycles. The van der Waals surface area contributed by atoms with Crippen molar-refractivity contribution in [2.75, 3.05) is 6.54 Å². The summed E-state index contributed by atoms with van der Waals surface area (Å²) < 4.78 is 4.83. The van der Waals surface area contributed by atoms with Gasteiger partial charge >= 0.3 is 0 Å². The van der Waals surface area contributed by atoms with Crippen LogP contribution in [0.1, 0.15) is 29.1 Å². The molecule has 0 spiro atoms. The van der Waals surface area contributed by atoms with Gasteiger partial charge in [-0.05, 0) is 25.7 Å². The van der Waals surface area contributed by atoms with E-state index in [0.29, 0.717) is 23.9 Å². The van der Waals surface area contributed by atoms with Gasteiger partial charge < -0.3 is 15.6 Å². The Morgan fingerprint density at radius 1 is 1.75 bits per heavy atom. The summed E-state index contributed by atoms with van der Waals surface area (Å²) >= 11 is 0. The lowest BCUT2D eigenvalue weighted by Crippen LogP contribution is -2.41. The molecule has 1 aromatic rings. The normalized spacial score (nSPS) is 16.4. The number of hydrogen-bond donors (Lipinski definition) is 2. The Morgan fingerprint density at radius 2 is 2.44 bits per heavy atom. The van der Waals surface area contributed by atoms with Crippen LogP contribution in [0, 0.1) is 12.8 Å². The summed E-state index contributed by atoms with van der Waals surface area (Å²) in [6.45, 7) is 2.23. The number of nitrogens with one attached hydrogen (secondary N) is 1. The highest BCUT2D eigenvalue weighted by Crippen LogP contribution is 2.32. The van der Waals surface area contributed by atoms with Crippen LogP contribution in [0.4, 0.5) is 0 Å². The van der Waals surface area contributed by atoms with Crippen LogP contribution in [-0.2, 0) is 0 Å². The average molecular weight is 246 g/mol. The molecule has 0 saturated heterocycles. The van der Waals surface area contributed by atoms with Crippen LogP contribution in [0.5, 0.6) is 0 Å². The molecule has 90 valence electrons. The summed E-state index contributed by atoms with van der Waals surface area (Å²) in [5.74, 6) is 0.983. The van der Waals surface area contributed by atoms with Crippen molar-refractivity contribution < 1.29 is 9.32 Å². The van der Waals surface area contributed by atoms with E-state index in [2.05, 4.69) is 10.5 Å². The van der Waals surface area contributed by atoms with Gasteiger partial charge in [0.05, 0.1) is 0 Å². The van der Waals surface area contributed by atoms with E-state index in [1.165, 1.54) is 0 Å². The van der Waals surface area contributed by atoms with E-state index in [1.807, 2.05) is 0 Å². The topological polar surface area (TPSA) is 81.2 Å². The zero-order valence-electron chi connectivity index (χ0n) is 9.10. The molecule has 1 unspecified atom stereocenters. The molecule has 6 heteroatoms. The SMILES string of the molecule is Cc1cc(C(=O)NC(CN)C2CC2)no1.Cl. The lowest BCUT2D eigenvalue weighted by Gasteiger charge is -2.14. The maximum absolute atomic E-state index is 11.7. The third-order valence-corrected chi connectivity index (χ3v) is 2.62. The zero-order chi connectivity index (χ0) is 10.8. The highest BCUT2D eigenvalue weighted by atomic mass is 35.5. The molecule has 1 aromatic heterocycles. The number of halogens is 1. The van der Waals surface area contributed by atoms with Crippen molar-refractivity contribution in [3.8, 4) is 0 Å². The Hall–Kier alpha value is -1.07. The van der Waals surface area contributed by atoms with Crippen molar-refractivity contribution in [2.45, 2.75) is 25.8 Å². The van der Waals surface area contributed by atoms with Crippen LogP contribution in [0.3, 0.4) is 0 Å². The highest BCUT2D eigenvalue weighted by Gasteiger charge is 2.31. The summed E-state index contributed by atoms with van der Waals surface area (Å²) in [4.78, 5) is 11.7. The minimum Gasteiger partial charge on any atom is -0.361 e. The van der Waals surface area contributed by atoms with Gasteiger partial charge in [-0.25, -0.2) is 0 Å². The Kier molecular flexibility index (Phi) is 4.32.